The summed E-state index contributed by atoms with van der Waals surface area (Å²) < 4.78 is 0. The van der Waals surface area contributed by atoms with Crippen molar-refractivity contribution in [3.05, 3.63) is 13.2 Å². The van der Waals surface area contributed by atoms with Gasteiger partial charge in [-0.25, -0.2) is 0 Å². The summed E-state index contributed by atoms with van der Waals surface area (Å²) in [6.07, 6.45) is 0.991. The number of ketones is 1. The fraction of sp³-hybridized carbons (Fsp3) is 0.667. The van der Waals surface area contributed by atoms with Crippen LogP contribution >= 0.6 is 0 Å². The fourth-order valence-electron chi connectivity index (χ4n) is 1.14. The van der Waals surface area contributed by atoms with Gasteiger partial charge in [-0.2, -0.15) is 0 Å². The number of rotatable bonds is 7. The topological polar surface area (TPSA) is 75.4 Å². The number of nitrogens with zero attached hydrogens (tertiary/aromatic N) is 1. The fourth-order valence-corrected chi connectivity index (χ4v) is 1.14. The van der Waals surface area contributed by atoms with E-state index in [0.717, 1.165) is 13.0 Å². The highest BCUT2D eigenvalue weighted by molar-refractivity contribution is 5.87. The molecule has 102 valence electrons. The van der Waals surface area contributed by atoms with E-state index in [0.29, 0.717) is 6.54 Å². The average Bonchev–Trinajstić information content (AvgIpc) is 2.25. The molecule has 0 radical (unpaired) electrons. The maximum absolute atomic E-state index is 11.3. The molecule has 0 aromatic heterocycles. The number of Topliss-reactive ketones (excluding diaryl/α,β-unsaturated/α-hetero) is 1. The Kier molecular flexibility index (Phi) is 12.1. The molecule has 0 saturated heterocycles. The van der Waals surface area contributed by atoms with E-state index in [-0.39, 0.29) is 19.5 Å². The normalized spacial score (nSPS) is 11.4. The van der Waals surface area contributed by atoms with E-state index in [2.05, 4.69) is 18.5 Å². The maximum Gasteiger partial charge on any atom is 0.237 e. The molecule has 17 heavy (non-hydrogen) atoms. The summed E-state index contributed by atoms with van der Waals surface area (Å²) in [5.74, 6) is -0.310. The van der Waals surface area contributed by atoms with Crippen LogP contribution in [0.25, 0.3) is 0 Å². The van der Waals surface area contributed by atoms with Crippen LogP contribution in [0, 0.1) is 0 Å². The molecule has 1 atom stereocenters. The molecule has 0 spiro atoms. The Hall–Kier alpha value is -1.20. The van der Waals surface area contributed by atoms with Crippen LogP contribution in [0.15, 0.2) is 13.2 Å². The van der Waals surface area contributed by atoms with Crippen molar-refractivity contribution in [2.24, 2.45) is 5.73 Å². The first-order valence-corrected chi connectivity index (χ1v) is 5.61. The summed E-state index contributed by atoms with van der Waals surface area (Å²) in [5.41, 5.74) is 5.52. The molecule has 0 unspecified atom stereocenters. The molecule has 0 aliphatic heterocycles. The highest BCUT2D eigenvalue weighted by atomic mass is 16.2. The Labute approximate surface area is 106 Å². The Morgan fingerprint density at radius 1 is 1.41 bits per heavy atom. The van der Waals surface area contributed by atoms with Gasteiger partial charge in [-0.05, 0) is 34.0 Å². The van der Waals surface area contributed by atoms with Crippen LogP contribution in [0.3, 0.4) is 0 Å². The lowest BCUT2D eigenvalue weighted by atomic mass is 10.1. The van der Waals surface area contributed by atoms with Gasteiger partial charge in [0.2, 0.25) is 5.91 Å². The quantitative estimate of drug-likeness (QED) is 0.503. The summed E-state index contributed by atoms with van der Waals surface area (Å²) in [6.45, 7) is 8.95. The molecule has 0 aromatic rings. The first-order chi connectivity index (χ1) is 7.93. The van der Waals surface area contributed by atoms with Gasteiger partial charge in [-0.3, -0.25) is 9.59 Å². The van der Waals surface area contributed by atoms with Gasteiger partial charge in [-0.15, -0.1) is 13.2 Å². The van der Waals surface area contributed by atoms with Crippen molar-refractivity contribution in [3.63, 3.8) is 0 Å². The number of hydrogen-bond donors (Lipinski definition) is 2. The van der Waals surface area contributed by atoms with Gasteiger partial charge in [0, 0.05) is 14.4 Å². The zero-order valence-corrected chi connectivity index (χ0v) is 11.2. The lowest BCUT2D eigenvalue weighted by Crippen LogP contribution is -2.42. The summed E-state index contributed by atoms with van der Waals surface area (Å²) >= 11 is 0. The Morgan fingerprint density at radius 3 is 2.35 bits per heavy atom. The van der Waals surface area contributed by atoms with Crippen LogP contribution in [0.5, 0.6) is 0 Å². The summed E-state index contributed by atoms with van der Waals surface area (Å²) in [7, 11) is 3.95. The third-order valence-electron chi connectivity index (χ3n) is 1.93. The summed E-state index contributed by atoms with van der Waals surface area (Å²) in [4.78, 5) is 24.1. The van der Waals surface area contributed by atoms with E-state index in [9.17, 15) is 9.59 Å². The molecule has 0 saturated carbocycles. The molecule has 0 bridgehead atoms. The Bertz CT molecular complexity index is 235. The van der Waals surface area contributed by atoms with Gasteiger partial charge in [0.1, 0.15) is 5.78 Å². The van der Waals surface area contributed by atoms with Crippen molar-refractivity contribution in [1.82, 2.24) is 10.2 Å². The number of carbonyl (C=O) groups excluding carboxylic acids is 2. The maximum atomic E-state index is 11.3. The highest BCUT2D eigenvalue weighted by Crippen LogP contribution is 1.90. The highest BCUT2D eigenvalue weighted by Gasteiger charge is 2.14. The zero-order chi connectivity index (χ0) is 13.8. The van der Waals surface area contributed by atoms with Gasteiger partial charge in [-0.1, -0.05) is 0 Å². The van der Waals surface area contributed by atoms with Crippen LogP contribution in [-0.4, -0.2) is 49.8 Å². The molecule has 3 N–H and O–H groups in total. The van der Waals surface area contributed by atoms with E-state index < -0.39 is 6.04 Å². The smallest absolute Gasteiger partial charge is 0.237 e. The Morgan fingerprint density at radius 2 is 1.94 bits per heavy atom. The third kappa shape index (κ3) is 12.7. The predicted molar refractivity (Wildman–Crippen MR) is 72.8 cm³/mol. The lowest BCUT2D eigenvalue weighted by Gasteiger charge is -2.12. The van der Waals surface area contributed by atoms with Crippen molar-refractivity contribution >= 4 is 11.7 Å². The van der Waals surface area contributed by atoms with Crippen molar-refractivity contribution in [2.45, 2.75) is 25.8 Å². The summed E-state index contributed by atoms with van der Waals surface area (Å²) in [5, 5.41) is 2.70. The van der Waals surface area contributed by atoms with E-state index in [1.165, 1.54) is 6.92 Å². The van der Waals surface area contributed by atoms with E-state index in [1.54, 1.807) is 0 Å². The molecule has 0 fully saturated rings. The van der Waals surface area contributed by atoms with Crippen LogP contribution < -0.4 is 11.1 Å². The molecule has 0 rings (SSSR count). The van der Waals surface area contributed by atoms with Crippen molar-refractivity contribution in [1.29, 1.82) is 0 Å². The molecule has 0 heterocycles. The van der Waals surface area contributed by atoms with Crippen LogP contribution in [-0.2, 0) is 9.59 Å². The number of nitrogens with one attached hydrogen (secondary N) is 1. The van der Waals surface area contributed by atoms with Gasteiger partial charge in [0.15, 0.2) is 0 Å². The molecule has 0 aliphatic carbocycles. The number of hydrogen-bond acceptors (Lipinski definition) is 4. The van der Waals surface area contributed by atoms with Crippen LogP contribution in [0.1, 0.15) is 21.2 Å². The second-order valence-corrected chi connectivity index (χ2v) is 3.96. The lowest BCUT2D eigenvalue weighted by molar-refractivity contribution is -0.125. The molecular formula is C12H27N3O2. The zero-order valence-electron chi connectivity index (χ0n) is 11.2. The first kappa shape index (κ1) is 18.2. The largest absolute Gasteiger partial charge is 0.355 e. The van der Waals surface area contributed by atoms with Gasteiger partial charge in [0.25, 0.3) is 0 Å². The molecule has 1 amide bonds. The van der Waals surface area contributed by atoms with Gasteiger partial charge >= 0.3 is 0 Å². The SMILES string of the molecule is C=C.CC(=O)C[C@@H](N)C(=O)NCCCN(C)C.[HH]. The minimum Gasteiger partial charge on any atom is -0.355 e. The number of amides is 1. The first-order valence-electron chi connectivity index (χ1n) is 5.61. The van der Waals surface area contributed by atoms with E-state index in [4.69, 9.17) is 5.73 Å². The summed E-state index contributed by atoms with van der Waals surface area (Å²) in [6, 6.07) is -0.707. The number of carbonyl (C=O) groups is 2. The second kappa shape index (κ2) is 11.3. The van der Waals surface area contributed by atoms with Crippen molar-refractivity contribution < 1.29 is 11.0 Å². The minimum atomic E-state index is -0.707. The second-order valence-electron chi connectivity index (χ2n) is 3.96. The molecule has 0 aromatic carbocycles. The third-order valence-corrected chi connectivity index (χ3v) is 1.93. The van der Waals surface area contributed by atoms with Crippen molar-refractivity contribution in [3.8, 4) is 0 Å². The van der Waals surface area contributed by atoms with Crippen molar-refractivity contribution in [2.75, 3.05) is 27.2 Å². The molecular weight excluding hydrogens is 218 g/mol. The molecule has 5 nitrogen and oxygen atoms in total. The van der Waals surface area contributed by atoms with Gasteiger partial charge < -0.3 is 16.0 Å². The van der Waals surface area contributed by atoms with E-state index in [1.807, 2.05) is 19.0 Å². The van der Waals surface area contributed by atoms with E-state index >= 15 is 0 Å². The molecule has 0 aliphatic rings. The van der Waals surface area contributed by atoms with Crippen LogP contribution in [0.4, 0.5) is 0 Å². The number of nitrogens with two attached hydrogens (primary N) is 1. The van der Waals surface area contributed by atoms with Gasteiger partial charge in [0.05, 0.1) is 6.04 Å². The standard InChI is InChI=1S/C10H21N3O2.C2H4.H2/c1-8(14)7-9(11)10(15)12-5-4-6-13(2)3;1-2;/h9H,4-7,11H2,1-3H3,(H,12,15);1-2H2;1H/t9-;;/m1../s1. The minimum absolute atomic E-state index is 0. The average molecular weight is 245 g/mol. The predicted octanol–water partition coefficient (Wildman–Crippen LogP) is 0.409. The monoisotopic (exact) mass is 245 g/mol. The molecule has 5 heteroatoms. The Balaban J connectivity index is -0.000000709. The van der Waals surface area contributed by atoms with Crippen LogP contribution in [0.2, 0.25) is 0 Å².